The Morgan fingerprint density at radius 2 is 1.84 bits per heavy atom. The van der Waals surface area contributed by atoms with Crippen LogP contribution in [-0.2, 0) is 21.4 Å². The van der Waals surface area contributed by atoms with Gasteiger partial charge >= 0.3 is 0 Å². The van der Waals surface area contributed by atoms with Gasteiger partial charge in [-0.3, -0.25) is 9.59 Å². The van der Waals surface area contributed by atoms with Gasteiger partial charge in [0.25, 0.3) is 0 Å². The summed E-state index contributed by atoms with van der Waals surface area (Å²) in [5, 5.41) is 5.98. The molecule has 170 valence electrons. The number of fused-ring (bicyclic) bond motifs is 1. The van der Waals surface area contributed by atoms with Crippen LogP contribution in [0.4, 0.5) is 11.4 Å². The van der Waals surface area contributed by atoms with Crippen molar-refractivity contribution in [3.63, 3.8) is 0 Å². The van der Waals surface area contributed by atoms with Crippen LogP contribution in [0.3, 0.4) is 0 Å². The van der Waals surface area contributed by atoms with Crippen LogP contribution in [0.5, 0.6) is 11.5 Å². The van der Waals surface area contributed by atoms with Crippen LogP contribution in [0.1, 0.15) is 51.2 Å². The summed E-state index contributed by atoms with van der Waals surface area (Å²) < 4.78 is 10.9. The van der Waals surface area contributed by atoms with E-state index >= 15 is 0 Å². The maximum atomic E-state index is 13.2. The number of anilines is 2. The molecule has 32 heavy (non-hydrogen) atoms. The lowest BCUT2D eigenvalue weighted by molar-refractivity contribution is -0.119. The molecule has 7 nitrogen and oxygen atoms in total. The Labute approximate surface area is 188 Å². The number of nitrogen functional groups attached to an aromatic ring is 1. The molecule has 2 aromatic carbocycles. The third kappa shape index (κ3) is 4.66. The van der Waals surface area contributed by atoms with Crippen molar-refractivity contribution in [2.24, 2.45) is 5.41 Å². The van der Waals surface area contributed by atoms with Gasteiger partial charge in [0.05, 0.1) is 5.41 Å². The maximum absolute atomic E-state index is 13.2. The van der Waals surface area contributed by atoms with E-state index in [4.69, 9.17) is 15.2 Å². The number of carbonyl (C=O) groups excluding carboxylic acids is 2. The van der Waals surface area contributed by atoms with Crippen molar-refractivity contribution in [3.05, 3.63) is 47.5 Å². The Morgan fingerprint density at radius 3 is 2.56 bits per heavy atom. The highest BCUT2D eigenvalue weighted by molar-refractivity contribution is 6.01. The first kappa shape index (κ1) is 22.0. The number of nitrogens with two attached hydrogens (primary N) is 1. The molecule has 2 amide bonds. The van der Waals surface area contributed by atoms with Gasteiger partial charge in [-0.05, 0) is 72.6 Å². The molecule has 1 aliphatic heterocycles. The first-order chi connectivity index (χ1) is 15.2. The second kappa shape index (κ2) is 8.37. The zero-order chi connectivity index (χ0) is 22.9. The van der Waals surface area contributed by atoms with Crippen LogP contribution < -0.4 is 25.8 Å². The largest absolute Gasteiger partial charge is 0.454 e. The molecule has 1 aliphatic carbocycles. The maximum Gasteiger partial charge on any atom is 0.235 e. The number of hydrogen-bond donors (Lipinski definition) is 3. The topological polar surface area (TPSA) is 103 Å². The van der Waals surface area contributed by atoms with Crippen LogP contribution in [0, 0.1) is 5.41 Å². The van der Waals surface area contributed by atoms with Crippen LogP contribution in [0.2, 0.25) is 0 Å². The van der Waals surface area contributed by atoms with E-state index in [1.54, 1.807) is 0 Å². The highest BCUT2D eigenvalue weighted by atomic mass is 16.7. The van der Waals surface area contributed by atoms with Crippen molar-refractivity contribution in [2.45, 2.75) is 51.9 Å². The molecular formula is C25H31N3O4. The average molecular weight is 438 g/mol. The van der Waals surface area contributed by atoms with Crippen molar-refractivity contribution in [1.29, 1.82) is 0 Å². The molecule has 1 fully saturated rings. The minimum absolute atomic E-state index is 0.0157. The van der Waals surface area contributed by atoms with Crippen molar-refractivity contribution in [3.8, 4) is 11.5 Å². The average Bonchev–Trinajstić information content (AvgIpc) is 3.44. The Kier molecular flexibility index (Phi) is 5.75. The summed E-state index contributed by atoms with van der Waals surface area (Å²) >= 11 is 0. The fourth-order valence-electron chi connectivity index (χ4n) is 4.04. The minimum atomic E-state index is -0.525. The second-order valence-electron chi connectivity index (χ2n) is 9.59. The molecule has 0 atom stereocenters. The number of nitrogens with one attached hydrogen (secondary N) is 2. The van der Waals surface area contributed by atoms with Crippen molar-refractivity contribution in [2.75, 3.05) is 24.4 Å². The third-order valence-corrected chi connectivity index (χ3v) is 6.40. The monoisotopic (exact) mass is 437 g/mol. The Morgan fingerprint density at radius 1 is 1.09 bits per heavy atom. The molecule has 7 heteroatoms. The van der Waals surface area contributed by atoms with E-state index in [0.717, 1.165) is 48.2 Å². The van der Waals surface area contributed by atoms with Gasteiger partial charge in [-0.2, -0.15) is 0 Å². The number of benzene rings is 2. The van der Waals surface area contributed by atoms with Gasteiger partial charge in [0.1, 0.15) is 0 Å². The molecule has 0 saturated heterocycles. The summed E-state index contributed by atoms with van der Waals surface area (Å²) in [7, 11) is 0. The van der Waals surface area contributed by atoms with Crippen molar-refractivity contribution < 1.29 is 19.1 Å². The van der Waals surface area contributed by atoms with E-state index in [1.807, 2.05) is 36.4 Å². The van der Waals surface area contributed by atoms with Gasteiger partial charge in [0.15, 0.2) is 11.5 Å². The lowest BCUT2D eigenvalue weighted by Crippen LogP contribution is -2.32. The first-order valence-electron chi connectivity index (χ1n) is 11.0. The summed E-state index contributed by atoms with van der Waals surface area (Å²) in [5.74, 6) is 1.37. The summed E-state index contributed by atoms with van der Waals surface area (Å²) in [6.45, 7) is 6.58. The number of amides is 2. The van der Waals surface area contributed by atoms with Gasteiger partial charge in [-0.25, -0.2) is 0 Å². The summed E-state index contributed by atoms with van der Waals surface area (Å²) in [6, 6.07) is 11.4. The predicted octanol–water partition coefficient (Wildman–Crippen LogP) is 3.76. The molecule has 0 unspecified atom stereocenters. The van der Waals surface area contributed by atoms with Gasteiger partial charge in [0.2, 0.25) is 18.6 Å². The summed E-state index contributed by atoms with van der Waals surface area (Å²) in [5.41, 5.74) is 9.01. The molecule has 2 aromatic rings. The first-order valence-corrected chi connectivity index (χ1v) is 11.0. The van der Waals surface area contributed by atoms with Crippen molar-refractivity contribution in [1.82, 2.24) is 5.32 Å². The Balaban J connectivity index is 1.43. The zero-order valence-corrected chi connectivity index (χ0v) is 18.9. The van der Waals surface area contributed by atoms with Crippen LogP contribution >= 0.6 is 0 Å². The summed E-state index contributed by atoms with van der Waals surface area (Å²) in [4.78, 5) is 24.4. The Hall–Kier alpha value is -3.22. The van der Waals surface area contributed by atoms with E-state index < -0.39 is 5.41 Å². The van der Waals surface area contributed by atoms with E-state index in [9.17, 15) is 9.59 Å². The second-order valence-corrected chi connectivity index (χ2v) is 9.59. The SMILES string of the molecule is CC(=O)NCC(C)(C)CCc1cc(NC(=O)C2(c3ccc4c(c3)OCO4)CC2)ccc1N. The molecular weight excluding hydrogens is 406 g/mol. The van der Waals surface area contributed by atoms with E-state index in [0.29, 0.717) is 18.0 Å². The summed E-state index contributed by atoms with van der Waals surface area (Å²) in [6.07, 6.45) is 3.22. The lowest BCUT2D eigenvalue weighted by Gasteiger charge is -2.25. The normalized spacial score (nSPS) is 15.8. The third-order valence-electron chi connectivity index (χ3n) is 6.40. The quantitative estimate of drug-likeness (QED) is 0.546. The van der Waals surface area contributed by atoms with E-state index in [2.05, 4.69) is 24.5 Å². The molecule has 2 aliphatic rings. The fourth-order valence-corrected chi connectivity index (χ4v) is 4.04. The molecule has 4 rings (SSSR count). The standard InChI is InChI=1S/C25H31N3O4/c1-16(29)27-14-24(2,3)9-8-17-12-19(5-6-20(17)26)28-23(30)25(10-11-25)18-4-7-21-22(13-18)32-15-31-21/h4-7,12-13H,8-11,14-15,26H2,1-3H3,(H,27,29)(H,28,30). The molecule has 1 saturated carbocycles. The number of carbonyl (C=O) groups is 2. The lowest BCUT2D eigenvalue weighted by atomic mass is 9.85. The minimum Gasteiger partial charge on any atom is -0.454 e. The van der Waals surface area contributed by atoms with Gasteiger partial charge in [-0.15, -0.1) is 0 Å². The van der Waals surface area contributed by atoms with Crippen LogP contribution in [0.25, 0.3) is 0 Å². The van der Waals surface area contributed by atoms with Gasteiger partial charge in [-0.1, -0.05) is 19.9 Å². The molecule has 4 N–H and O–H groups in total. The van der Waals surface area contributed by atoms with Gasteiger partial charge < -0.3 is 25.8 Å². The zero-order valence-electron chi connectivity index (χ0n) is 18.9. The highest BCUT2D eigenvalue weighted by Gasteiger charge is 2.51. The van der Waals surface area contributed by atoms with Gasteiger partial charge in [0, 0.05) is 24.8 Å². The van der Waals surface area contributed by atoms with Crippen LogP contribution in [0.15, 0.2) is 36.4 Å². The van der Waals surface area contributed by atoms with E-state index in [1.165, 1.54) is 6.92 Å². The number of ether oxygens (including phenoxy) is 2. The Bertz CT molecular complexity index is 1040. The van der Waals surface area contributed by atoms with Crippen LogP contribution in [-0.4, -0.2) is 25.2 Å². The fraction of sp³-hybridized carbons (Fsp3) is 0.440. The highest BCUT2D eigenvalue weighted by Crippen LogP contribution is 2.51. The number of aryl methyl sites for hydroxylation is 1. The molecule has 1 heterocycles. The smallest absolute Gasteiger partial charge is 0.235 e. The number of rotatable bonds is 8. The van der Waals surface area contributed by atoms with Crippen molar-refractivity contribution >= 4 is 23.2 Å². The molecule has 0 bridgehead atoms. The van der Waals surface area contributed by atoms with E-state index in [-0.39, 0.29) is 24.0 Å². The number of hydrogen-bond acceptors (Lipinski definition) is 5. The predicted molar refractivity (Wildman–Crippen MR) is 124 cm³/mol. The molecule has 0 spiro atoms. The molecule has 0 radical (unpaired) electrons. The molecule has 0 aromatic heterocycles.